The summed E-state index contributed by atoms with van der Waals surface area (Å²) < 4.78 is 28.3. The van der Waals surface area contributed by atoms with E-state index >= 15 is 0 Å². The molecular formula is C22H24N4O4S. The first-order valence-corrected chi connectivity index (χ1v) is 11.3. The van der Waals surface area contributed by atoms with Crippen molar-refractivity contribution >= 4 is 27.3 Å². The molecule has 0 radical (unpaired) electrons. The molecule has 0 spiro atoms. The van der Waals surface area contributed by atoms with Gasteiger partial charge in [0.2, 0.25) is 10.0 Å². The highest BCUT2D eigenvalue weighted by Gasteiger charge is 2.20. The number of nitrogens with one attached hydrogen (secondary N) is 1. The number of benzene rings is 2. The largest absolute Gasteiger partial charge is 0.316 e. The third-order valence-electron chi connectivity index (χ3n) is 4.91. The highest BCUT2D eigenvalue weighted by molar-refractivity contribution is 7.92. The van der Waals surface area contributed by atoms with Crippen LogP contribution >= 0.6 is 0 Å². The Morgan fingerprint density at radius 3 is 2.29 bits per heavy atom. The number of amides is 1. The molecule has 3 aromatic rings. The zero-order valence-electron chi connectivity index (χ0n) is 17.6. The molecule has 0 aliphatic rings. The molecule has 9 heteroatoms. The first-order chi connectivity index (χ1) is 14.6. The summed E-state index contributed by atoms with van der Waals surface area (Å²) in [6, 6.07) is 15.2. The van der Waals surface area contributed by atoms with Crippen LogP contribution in [0.25, 0.3) is 5.69 Å². The number of hydrogen-bond acceptors (Lipinski definition) is 4. The van der Waals surface area contributed by atoms with Crippen molar-refractivity contribution in [1.82, 2.24) is 9.36 Å². The third kappa shape index (κ3) is 4.46. The summed E-state index contributed by atoms with van der Waals surface area (Å²) in [6.45, 7) is 5.44. The topological polar surface area (TPSA) is 93.4 Å². The number of nitrogens with zero attached hydrogens (tertiary/aromatic N) is 3. The van der Waals surface area contributed by atoms with Crippen LogP contribution in [-0.2, 0) is 17.1 Å². The Kier molecular flexibility index (Phi) is 6.16. The van der Waals surface area contributed by atoms with Crippen LogP contribution in [0.3, 0.4) is 0 Å². The van der Waals surface area contributed by atoms with Gasteiger partial charge in [-0.3, -0.25) is 18.6 Å². The average molecular weight is 441 g/mol. The summed E-state index contributed by atoms with van der Waals surface area (Å²) >= 11 is 0. The Hall–Kier alpha value is -3.59. The maximum absolute atomic E-state index is 12.9. The van der Waals surface area contributed by atoms with Gasteiger partial charge in [0.1, 0.15) is 5.69 Å². The summed E-state index contributed by atoms with van der Waals surface area (Å²) in [5.74, 6) is -0.466. The molecule has 1 N–H and O–H groups in total. The van der Waals surface area contributed by atoms with Crippen molar-refractivity contribution in [2.75, 3.05) is 22.4 Å². The van der Waals surface area contributed by atoms with E-state index < -0.39 is 15.9 Å². The second kappa shape index (κ2) is 8.65. The molecule has 1 amide bonds. The van der Waals surface area contributed by atoms with Crippen LogP contribution in [0.1, 0.15) is 16.1 Å². The fraction of sp³-hybridized carbons (Fsp3) is 0.182. The van der Waals surface area contributed by atoms with E-state index in [2.05, 4.69) is 11.9 Å². The summed E-state index contributed by atoms with van der Waals surface area (Å²) in [5.41, 5.74) is 1.85. The standard InChI is InChI=1S/C22H24N4O4S/c1-5-15-25(31(4,29)30)18-13-11-17(12-14-18)21(27)23-20-16(2)24(3)26(22(20)28)19-9-7-6-8-10-19/h5-14H,1,15H2,2-4H3,(H,23,27). The van der Waals surface area contributed by atoms with Crippen molar-refractivity contribution in [3.8, 4) is 5.69 Å². The molecule has 31 heavy (non-hydrogen) atoms. The monoisotopic (exact) mass is 440 g/mol. The van der Waals surface area contributed by atoms with Crippen LogP contribution < -0.4 is 15.2 Å². The van der Waals surface area contributed by atoms with Gasteiger partial charge in [0, 0.05) is 12.6 Å². The van der Waals surface area contributed by atoms with Gasteiger partial charge >= 0.3 is 0 Å². The second-order valence-electron chi connectivity index (χ2n) is 7.02. The minimum absolute atomic E-state index is 0.118. The maximum atomic E-state index is 12.9. The molecule has 0 bridgehead atoms. The Morgan fingerprint density at radius 2 is 1.74 bits per heavy atom. The number of aromatic nitrogens is 2. The lowest BCUT2D eigenvalue weighted by Gasteiger charge is -2.20. The summed E-state index contributed by atoms with van der Waals surface area (Å²) in [6.07, 6.45) is 2.59. The fourth-order valence-corrected chi connectivity index (χ4v) is 4.11. The zero-order chi connectivity index (χ0) is 22.8. The van der Waals surface area contributed by atoms with Gasteiger partial charge in [-0.2, -0.15) is 0 Å². The van der Waals surface area contributed by atoms with Gasteiger partial charge in [-0.25, -0.2) is 13.1 Å². The molecule has 1 heterocycles. The van der Waals surface area contributed by atoms with Crippen molar-refractivity contribution in [2.45, 2.75) is 6.92 Å². The third-order valence-corrected chi connectivity index (χ3v) is 6.07. The van der Waals surface area contributed by atoms with E-state index in [1.165, 1.54) is 27.2 Å². The van der Waals surface area contributed by atoms with Crippen molar-refractivity contribution in [2.24, 2.45) is 7.05 Å². The number of sulfonamides is 1. The second-order valence-corrected chi connectivity index (χ2v) is 8.93. The molecule has 0 fully saturated rings. The van der Waals surface area contributed by atoms with E-state index in [1.54, 1.807) is 30.8 Å². The quantitative estimate of drug-likeness (QED) is 0.572. The lowest BCUT2D eigenvalue weighted by molar-refractivity contribution is 0.102. The Labute approximate surface area is 181 Å². The van der Waals surface area contributed by atoms with E-state index in [1.807, 2.05) is 30.3 Å². The lowest BCUT2D eigenvalue weighted by Crippen LogP contribution is -2.29. The molecule has 3 rings (SSSR count). The number of para-hydroxylation sites is 1. The summed E-state index contributed by atoms with van der Waals surface area (Å²) in [7, 11) is -1.74. The molecule has 0 saturated carbocycles. The van der Waals surface area contributed by atoms with Crippen molar-refractivity contribution in [3.05, 3.63) is 88.9 Å². The van der Waals surface area contributed by atoms with E-state index in [0.717, 1.165) is 6.26 Å². The van der Waals surface area contributed by atoms with Gasteiger partial charge < -0.3 is 5.32 Å². The first kappa shape index (κ1) is 22.1. The van der Waals surface area contributed by atoms with Gasteiger partial charge in [0.15, 0.2) is 0 Å². The predicted molar refractivity (Wildman–Crippen MR) is 123 cm³/mol. The molecule has 1 aromatic heterocycles. The van der Waals surface area contributed by atoms with Crippen molar-refractivity contribution in [3.63, 3.8) is 0 Å². The molecule has 162 valence electrons. The smallest absolute Gasteiger partial charge is 0.295 e. The van der Waals surface area contributed by atoms with Crippen LogP contribution in [0.2, 0.25) is 0 Å². The zero-order valence-corrected chi connectivity index (χ0v) is 18.4. The summed E-state index contributed by atoms with van der Waals surface area (Å²) in [4.78, 5) is 25.7. The molecule has 0 aliphatic heterocycles. The van der Waals surface area contributed by atoms with Crippen molar-refractivity contribution in [1.29, 1.82) is 0 Å². The molecule has 0 unspecified atom stereocenters. The van der Waals surface area contributed by atoms with Gasteiger partial charge in [-0.05, 0) is 43.3 Å². The predicted octanol–water partition coefficient (Wildman–Crippen LogP) is 2.69. The molecular weight excluding hydrogens is 416 g/mol. The van der Waals surface area contributed by atoms with E-state index in [-0.39, 0.29) is 17.8 Å². The van der Waals surface area contributed by atoms with Gasteiger partial charge in [0.05, 0.1) is 29.9 Å². The number of carbonyl (C=O) groups excluding carboxylic acids is 1. The number of anilines is 2. The van der Waals surface area contributed by atoms with Gasteiger partial charge in [-0.15, -0.1) is 6.58 Å². The Bertz CT molecular complexity index is 1270. The van der Waals surface area contributed by atoms with Crippen molar-refractivity contribution < 1.29 is 13.2 Å². The van der Waals surface area contributed by atoms with Gasteiger partial charge in [-0.1, -0.05) is 24.3 Å². The molecule has 0 aliphatic carbocycles. The maximum Gasteiger partial charge on any atom is 0.295 e. The highest BCUT2D eigenvalue weighted by atomic mass is 32.2. The van der Waals surface area contributed by atoms with Crippen LogP contribution in [0.5, 0.6) is 0 Å². The Balaban J connectivity index is 1.89. The fourth-order valence-electron chi connectivity index (χ4n) is 3.23. The average Bonchev–Trinajstić information content (AvgIpc) is 2.95. The molecule has 2 aromatic carbocycles. The lowest BCUT2D eigenvalue weighted by atomic mass is 10.2. The number of rotatable bonds is 7. The first-order valence-electron chi connectivity index (χ1n) is 9.49. The highest BCUT2D eigenvalue weighted by Crippen LogP contribution is 2.20. The minimum Gasteiger partial charge on any atom is -0.316 e. The minimum atomic E-state index is -3.49. The van der Waals surface area contributed by atoms with E-state index in [9.17, 15) is 18.0 Å². The van der Waals surface area contributed by atoms with Crippen LogP contribution in [0.15, 0.2) is 72.0 Å². The SMILES string of the molecule is C=CCN(c1ccc(C(=O)Nc2c(C)n(C)n(-c3ccccc3)c2=O)cc1)S(C)(=O)=O. The summed E-state index contributed by atoms with van der Waals surface area (Å²) in [5, 5.41) is 2.69. The normalized spacial score (nSPS) is 11.2. The van der Waals surface area contributed by atoms with E-state index in [4.69, 9.17) is 0 Å². The van der Waals surface area contributed by atoms with Crippen LogP contribution in [0, 0.1) is 6.92 Å². The molecule has 8 nitrogen and oxygen atoms in total. The molecule has 0 atom stereocenters. The van der Waals surface area contributed by atoms with E-state index in [0.29, 0.717) is 22.6 Å². The Morgan fingerprint density at radius 1 is 1.13 bits per heavy atom. The molecule has 0 saturated heterocycles. The number of carbonyl (C=O) groups is 1. The number of hydrogen-bond donors (Lipinski definition) is 1. The van der Waals surface area contributed by atoms with Crippen LogP contribution in [-0.4, -0.2) is 36.5 Å². The van der Waals surface area contributed by atoms with Crippen LogP contribution in [0.4, 0.5) is 11.4 Å². The van der Waals surface area contributed by atoms with Gasteiger partial charge in [0.25, 0.3) is 11.5 Å².